The summed E-state index contributed by atoms with van der Waals surface area (Å²) < 4.78 is 1.95. The molecule has 0 aliphatic heterocycles. The number of hydrogen-bond donors (Lipinski definition) is 3. The fourth-order valence-corrected chi connectivity index (χ4v) is 4.11. The van der Waals surface area contributed by atoms with Crippen molar-refractivity contribution in [1.29, 1.82) is 0 Å². The number of fused-ring (bicyclic) bond motifs is 1. The van der Waals surface area contributed by atoms with Crippen molar-refractivity contribution >= 4 is 29.0 Å². The number of benzene rings is 2. The number of nitrogens with one attached hydrogen (secondary N) is 2. The van der Waals surface area contributed by atoms with Crippen LogP contribution in [0.5, 0.6) is 0 Å². The fraction of sp³-hybridized carbons (Fsp3) is 0.375. The minimum Gasteiger partial charge on any atom is -0.395 e. The smallest absolute Gasteiger partial charge is 0.262 e. The molecule has 0 bridgehead atoms. The lowest BCUT2D eigenvalue weighted by Crippen LogP contribution is -3.11. The van der Waals surface area contributed by atoms with Gasteiger partial charge in [0.1, 0.15) is 0 Å². The number of rotatable bonds is 10. The molecule has 7 nitrogen and oxygen atoms in total. The number of carbonyl (C=O) groups is 1. The Hall–Kier alpha value is -2.81. The highest BCUT2D eigenvalue weighted by molar-refractivity contribution is 7.71. The van der Waals surface area contributed by atoms with Gasteiger partial charge in [0.25, 0.3) is 11.5 Å². The second-order valence-electron chi connectivity index (χ2n) is 7.79. The lowest BCUT2D eigenvalue weighted by atomic mass is 10.1. The van der Waals surface area contributed by atoms with E-state index in [1.165, 1.54) is 4.90 Å². The Morgan fingerprint density at radius 3 is 2.53 bits per heavy atom. The number of amides is 1. The highest BCUT2D eigenvalue weighted by atomic mass is 32.1. The average Bonchev–Trinajstić information content (AvgIpc) is 2.81. The van der Waals surface area contributed by atoms with E-state index in [0.29, 0.717) is 34.3 Å². The molecule has 0 aliphatic carbocycles. The van der Waals surface area contributed by atoms with Crippen molar-refractivity contribution in [2.75, 3.05) is 32.8 Å². The molecule has 0 saturated carbocycles. The zero-order valence-corrected chi connectivity index (χ0v) is 19.5. The van der Waals surface area contributed by atoms with Crippen molar-refractivity contribution in [3.63, 3.8) is 0 Å². The normalized spacial score (nSPS) is 11.2. The second kappa shape index (κ2) is 11.2. The van der Waals surface area contributed by atoms with Crippen LogP contribution in [0, 0.1) is 4.77 Å². The van der Waals surface area contributed by atoms with Gasteiger partial charge in [-0.1, -0.05) is 30.3 Å². The van der Waals surface area contributed by atoms with E-state index in [4.69, 9.17) is 12.2 Å². The van der Waals surface area contributed by atoms with Gasteiger partial charge in [-0.25, -0.2) is 0 Å². The van der Waals surface area contributed by atoms with Crippen LogP contribution in [0.3, 0.4) is 0 Å². The maximum Gasteiger partial charge on any atom is 0.262 e. The maximum absolute atomic E-state index is 13.2. The molecule has 0 unspecified atom stereocenters. The molecule has 1 amide bonds. The molecule has 170 valence electrons. The van der Waals surface area contributed by atoms with E-state index in [9.17, 15) is 14.7 Å². The first kappa shape index (κ1) is 23.8. The van der Waals surface area contributed by atoms with Gasteiger partial charge in [0.15, 0.2) is 4.77 Å². The van der Waals surface area contributed by atoms with Crippen molar-refractivity contribution in [3.05, 3.63) is 74.8 Å². The summed E-state index contributed by atoms with van der Waals surface area (Å²) in [5.74, 6) is -0.210. The van der Waals surface area contributed by atoms with Crippen LogP contribution in [0.2, 0.25) is 0 Å². The molecular formula is C24H31N4O3S+. The van der Waals surface area contributed by atoms with Gasteiger partial charge in [-0.15, -0.1) is 0 Å². The number of H-pyrrole nitrogens is 1. The Bertz CT molecular complexity index is 1170. The van der Waals surface area contributed by atoms with Crippen LogP contribution in [-0.2, 0) is 13.1 Å². The van der Waals surface area contributed by atoms with Gasteiger partial charge in [0, 0.05) is 18.7 Å². The van der Waals surface area contributed by atoms with Gasteiger partial charge in [-0.05, 0) is 49.8 Å². The summed E-state index contributed by atoms with van der Waals surface area (Å²) in [4.78, 5) is 32.3. The van der Waals surface area contributed by atoms with E-state index in [1.807, 2.05) is 30.3 Å². The number of aliphatic hydroxyl groups excluding tert-OH is 1. The van der Waals surface area contributed by atoms with E-state index in [1.54, 1.807) is 27.7 Å². The quantitative estimate of drug-likeness (QED) is 0.406. The highest BCUT2D eigenvalue weighted by Gasteiger charge is 2.17. The van der Waals surface area contributed by atoms with E-state index >= 15 is 0 Å². The molecule has 3 aromatic rings. The molecule has 0 aliphatic rings. The van der Waals surface area contributed by atoms with Crippen LogP contribution in [-0.4, -0.2) is 58.3 Å². The third kappa shape index (κ3) is 5.51. The molecule has 1 aromatic heterocycles. The van der Waals surface area contributed by atoms with Crippen LogP contribution in [0.15, 0.2) is 53.3 Å². The molecule has 0 atom stereocenters. The monoisotopic (exact) mass is 455 g/mol. The maximum atomic E-state index is 13.2. The summed E-state index contributed by atoms with van der Waals surface area (Å²) in [6.45, 7) is 8.08. The summed E-state index contributed by atoms with van der Waals surface area (Å²) >= 11 is 5.45. The molecular weight excluding hydrogens is 424 g/mol. The molecule has 3 N–H and O–H groups in total. The predicted octanol–water partition coefficient (Wildman–Crippen LogP) is 1.62. The number of aromatic amines is 1. The molecule has 0 radical (unpaired) electrons. The first-order valence-corrected chi connectivity index (χ1v) is 11.4. The lowest BCUT2D eigenvalue weighted by Gasteiger charge is -2.22. The summed E-state index contributed by atoms with van der Waals surface area (Å²) in [5, 5.41) is 9.95. The van der Waals surface area contributed by atoms with Crippen molar-refractivity contribution in [1.82, 2.24) is 14.5 Å². The first-order valence-electron chi connectivity index (χ1n) is 11.0. The lowest BCUT2D eigenvalue weighted by molar-refractivity contribution is -0.897. The Balaban J connectivity index is 1.89. The zero-order valence-electron chi connectivity index (χ0n) is 18.6. The topological polar surface area (TPSA) is 82.8 Å². The highest BCUT2D eigenvalue weighted by Crippen LogP contribution is 2.15. The van der Waals surface area contributed by atoms with Crippen LogP contribution in [0.25, 0.3) is 10.9 Å². The van der Waals surface area contributed by atoms with Crippen LogP contribution in [0.1, 0.15) is 29.8 Å². The van der Waals surface area contributed by atoms with E-state index in [0.717, 1.165) is 25.2 Å². The number of likely N-dealkylation sites (N-methyl/N-ethyl adjacent to an activating group) is 1. The largest absolute Gasteiger partial charge is 0.395 e. The summed E-state index contributed by atoms with van der Waals surface area (Å²) in [6, 6.07) is 14.7. The van der Waals surface area contributed by atoms with Gasteiger partial charge >= 0.3 is 0 Å². The predicted molar refractivity (Wildman–Crippen MR) is 129 cm³/mol. The SMILES string of the molecule is CC[NH+](CC)CCn1c(=S)[nH]c2cc(C(=O)N(CCO)Cc3ccccc3)ccc2c1=O. The third-order valence-corrected chi connectivity index (χ3v) is 6.11. The first-order chi connectivity index (χ1) is 15.5. The van der Waals surface area contributed by atoms with E-state index in [2.05, 4.69) is 18.8 Å². The van der Waals surface area contributed by atoms with Crippen LogP contribution in [0.4, 0.5) is 0 Å². The third-order valence-electron chi connectivity index (χ3n) is 5.79. The summed E-state index contributed by atoms with van der Waals surface area (Å²) in [6.07, 6.45) is 0. The zero-order chi connectivity index (χ0) is 23.1. The standard InChI is InChI=1S/C24H30N4O3S/c1-3-26(4-2)12-13-28-23(31)20-11-10-19(16-21(20)25-24(28)32)22(30)27(14-15-29)17-18-8-6-5-7-9-18/h5-11,16,29H,3-4,12-15,17H2,1-2H3,(H,25,32)/p+1. The number of quaternary nitrogens is 1. The summed E-state index contributed by atoms with van der Waals surface area (Å²) in [7, 11) is 0. The fourth-order valence-electron chi connectivity index (χ4n) is 3.82. The van der Waals surface area contributed by atoms with Gasteiger partial charge in [0.05, 0.1) is 43.7 Å². The Labute approximate surface area is 192 Å². The Morgan fingerprint density at radius 1 is 1.16 bits per heavy atom. The van der Waals surface area contributed by atoms with Gasteiger partial charge in [-0.2, -0.15) is 0 Å². The molecule has 8 heteroatoms. The van der Waals surface area contributed by atoms with Crippen LogP contribution >= 0.6 is 12.2 Å². The van der Waals surface area contributed by atoms with Crippen molar-refractivity contribution in [2.24, 2.45) is 0 Å². The molecule has 2 aromatic carbocycles. The van der Waals surface area contributed by atoms with Gasteiger partial charge < -0.3 is 19.9 Å². The Morgan fingerprint density at radius 2 is 1.88 bits per heavy atom. The molecule has 3 rings (SSSR count). The summed E-state index contributed by atoms with van der Waals surface area (Å²) in [5.41, 5.74) is 1.82. The minimum atomic E-state index is -0.210. The van der Waals surface area contributed by atoms with E-state index in [-0.39, 0.29) is 24.6 Å². The molecule has 0 saturated heterocycles. The van der Waals surface area contributed by atoms with E-state index < -0.39 is 0 Å². The molecule has 0 fully saturated rings. The number of aromatic nitrogens is 2. The molecule has 0 spiro atoms. The minimum absolute atomic E-state index is 0.131. The van der Waals surface area contributed by atoms with Crippen molar-refractivity contribution in [3.8, 4) is 0 Å². The van der Waals surface area contributed by atoms with Gasteiger partial charge in [-0.3, -0.25) is 14.2 Å². The van der Waals surface area contributed by atoms with Crippen molar-refractivity contribution in [2.45, 2.75) is 26.9 Å². The second-order valence-corrected chi connectivity index (χ2v) is 8.18. The van der Waals surface area contributed by atoms with Crippen LogP contribution < -0.4 is 10.5 Å². The number of nitrogens with zero attached hydrogens (tertiary/aromatic N) is 2. The number of hydrogen-bond acceptors (Lipinski definition) is 4. The van der Waals surface area contributed by atoms with Crippen molar-refractivity contribution < 1.29 is 14.8 Å². The number of aliphatic hydroxyl groups is 1. The number of carbonyl (C=O) groups excluding carboxylic acids is 1. The van der Waals surface area contributed by atoms with Gasteiger partial charge in [0.2, 0.25) is 0 Å². The molecule has 32 heavy (non-hydrogen) atoms. The Kier molecular flexibility index (Phi) is 8.33. The molecule has 1 heterocycles. The average molecular weight is 456 g/mol.